The zero-order valence-electron chi connectivity index (χ0n) is 8.92. The van der Waals surface area contributed by atoms with Gasteiger partial charge < -0.3 is 4.18 Å². The Hall–Kier alpha value is -1.54. The van der Waals surface area contributed by atoms with E-state index in [0.29, 0.717) is 5.56 Å². The van der Waals surface area contributed by atoms with Crippen LogP contribution in [0, 0.1) is 0 Å². The molecule has 0 saturated carbocycles. The Morgan fingerprint density at radius 1 is 1.17 bits per heavy atom. The standard InChI is InChI=1S/C10H9F3O4S/c11-10(12,13)8-17-18(14,15)16-7-6-9-4-2-1-3-5-9/h1-7H,8H2/b7-6-. The minimum atomic E-state index is -4.74. The van der Waals surface area contributed by atoms with Gasteiger partial charge in [0.25, 0.3) is 0 Å². The van der Waals surface area contributed by atoms with Gasteiger partial charge in [0.15, 0.2) is 6.61 Å². The van der Waals surface area contributed by atoms with Gasteiger partial charge in [0.1, 0.15) is 6.26 Å². The molecule has 0 spiro atoms. The van der Waals surface area contributed by atoms with E-state index >= 15 is 0 Å². The summed E-state index contributed by atoms with van der Waals surface area (Å²) < 4.78 is 64.6. The topological polar surface area (TPSA) is 52.6 Å². The summed E-state index contributed by atoms with van der Waals surface area (Å²) in [6.45, 7) is -1.92. The Kier molecular flexibility index (Phi) is 4.74. The van der Waals surface area contributed by atoms with Gasteiger partial charge in [0.2, 0.25) is 0 Å². The molecule has 0 radical (unpaired) electrons. The van der Waals surface area contributed by atoms with E-state index < -0.39 is 23.2 Å². The third kappa shape index (κ3) is 6.26. The number of benzene rings is 1. The van der Waals surface area contributed by atoms with Crippen LogP contribution in [-0.2, 0) is 18.8 Å². The Morgan fingerprint density at radius 2 is 1.78 bits per heavy atom. The van der Waals surface area contributed by atoms with E-state index in [1.54, 1.807) is 30.3 Å². The van der Waals surface area contributed by atoms with Crippen molar-refractivity contribution in [2.45, 2.75) is 6.18 Å². The highest BCUT2D eigenvalue weighted by Gasteiger charge is 2.31. The van der Waals surface area contributed by atoms with Gasteiger partial charge in [0, 0.05) is 0 Å². The normalized spacial score (nSPS) is 12.8. The molecule has 0 aliphatic heterocycles. The van der Waals surface area contributed by atoms with Crippen LogP contribution in [0.15, 0.2) is 36.6 Å². The lowest BCUT2D eigenvalue weighted by Crippen LogP contribution is -2.20. The van der Waals surface area contributed by atoms with Crippen LogP contribution in [0.3, 0.4) is 0 Å². The molecule has 0 aliphatic carbocycles. The van der Waals surface area contributed by atoms with E-state index in [0.717, 1.165) is 6.26 Å². The lowest BCUT2D eigenvalue weighted by Gasteiger charge is -2.06. The number of hydrogen-bond donors (Lipinski definition) is 0. The molecule has 0 atom stereocenters. The van der Waals surface area contributed by atoms with Crippen LogP contribution < -0.4 is 0 Å². The van der Waals surface area contributed by atoms with Crippen molar-refractivity contribution in [3.05, 3.63) is 42.2 Å². The predicted molar refractivity (Wildman–Crippen MR) is 57.5 cm³/mol. The predicted octanol–water partition coefficient (Wildman–Crippen LogP) is 2.50. The highest BCUT2D eigenvalue weighted by molar-refractivity contribution is 7.81. The van der Waals surface area contributed by atoms with Crippen LogP contribution in [0.1, 0.15) is 5.56 Å². The largest absolute Gasteiger partial charge is 0.448 e. The Morgan fingerprint density at radius 3 is 2.33 bits per heavy atom. The molecule has 1 aromatic carbocycles. The minimum absolute atomic E-state index is 0.628. The highest BCUT2D eigenvalue weighted by Crippen LogP contribution is 2.16. The van der Waals surface area contributed by atoms with Gasteiger partial charge >= 0.3 is 16.6 Å². The van der Waals surface area contributed by atoms with Crippen molar-refractivity contribution in [2.75, 3.05) is 6.61 Å². The molecule has 0 heterocycles. The summed E-state index contributed by atoms with van der Waals surface area (Å²) in [5.74, 6) is 0. The van der Waals surface area contributed by atoms with Crippen molar-refractivity contribution in [2.24, 2.45) is 0 Å². The third-order valence-corrected chi connectivity index (χ3v) is 2.35. The van der Waals surface area contributed by atoms with Gasteiger partial charge in [0.05, 0.1) is 0 Å². The zero-order valence-corrected chi connectivity index (χ0v) is 9.74. The van der Waals surface area contributed by atoms with Crippen LogP contribution in [0.5, 0.6) is 0 Å². The first-order chi connectivity index (χ1) is 8.29. The maximum Gasteiger partial charge on any atom is 0.448 e. The lowest BCUT2D eigenvalue weighted by atomic mass is 10.2. The summed E-state index contributed by atoms with van der Waals surface area (Å²) in [6, 6.07) is 8.47. The molecular weight excluding hydrogens is 273 g/mol. The van der Waals surface area contributed by atoms with Crippen LogP contribution in [0.4, 0.5) is 13.2 Å². The van der Waals surface area contributed by atoms with E-state index in [1.165, 1.54) is 6.08 Å². The second-order valence-electron chi connectivity index (χ2n) is 3.10. The maximum absolute atomic E-state index is 11.7. The average molecular weight is 282 g/mol. The quantitative estimate of drug-likeness (QED) is 0.779. The second kappa shape index (κ2) is 5.87. The first kappa shape index (κ1) is 14.5. The third-order valence-electron chi connectivity index (χ3n) is 1.60. The number of alkyl halides is 3. The lowest BCUT2D eigenvalue weighted by molar-refractivity contribution is -0.153. The van der Waals surface area contributed by atoms with Gasteiger partial charge in [-0.05, 0) is 11.6 Å². The first-order valence-electron chi connectivity index (χ1n) is 4.64. The molecular formula is C10H9F3O4S. The first-order valence-corrected chi connectivity index (χ1v) is 5.98. The number of rotatable bonds is 5. The van der Waals surface area contributed by atoms with Gasteiger partial charge in [-0.3, -0.25) is 0 Å². The minimum Gasteiger partial charge on any atom is -0.370 e. The van der Waals surface area contributed by atoms with E-state index in [9.17, 15) is 21.6 Å². The molecule has 8 heteroatoms. The Bertz CT molecular complexity index is 494. The Labute approximate surface area is 102 Å². The van der Waals surface area contributed by atoms with Crippen molar-refractivity contribution in [1.82, 2.24) is 0 Å². The van der Waals surface area contributed by atoms with E-state index in [4.69, 9.17) is 0 Å². The molecule has 1 rings (SSSR count). The van der Waals surface area contributed by atoms with Gasteiger partial charge in [-0.15, -0.1) is 0 Å². The fraction of sp³-hybridized carbons (Fsp3) is 0.200. The maximum atomic E-state index is 11.7. The molecule has 0 unspecified atom stereocenters. The van der Waals surface area contributed by atoms with Crippen molar-refractivity contribution in [1.29, 1.82) is 0 Å². The Balaban J connectivity index is 2.50. The fourth-order valence-corrected chi connectivity index (χ4v) is 1.43. The summed E-state index contributed by atoms with van der Waals surface area (Å²) in [4.78, 5) is 0. The van der Waals surface area contributed by atoms with Crippen molar-refractivity contribution in [3.8, 4) is 0 Å². The van der Waals surface area contributed by atoms with Crippen molar-refractivity contribution < 1.29 is 30.0 Å². The van der Waals surface area contributed by atoms with Crippen LogP contribution >= 0.6 is 0 Å². The van der Waals surface area contributed by atoms with E-state index in [-0.39, 0.29) is 0 Å². The molecule has 0 amide bonds. The van der Waals surface area contributed by atoms with Gasteiger partial charge in [-0.2, -0.15) is 21.6 Å². The van der Waals surface area contributed by atoms with Crippen LogP contribution in [0.2, 0.25) is 0 Å². The number of hydrogen-bond acceptors (Lipinski definition) is 4. The fourth-order valence-electron chi connectivity index (χ4n) is 0.905. The smallest absolute Gasteiger partial charge is 0.370 e. The average Bonchev–Trinajstić information content (AvgIpc) is 2.27. The highest BCUT2D eigenvalue weighted by atomic mass is 32.3. The van der Waals surface area contributed by atoms with Crippen LogP contribution in [-0.4, -0.2) is 21.2 Å². The molecule has 100 valence electrons. The molecule has 0 saturated heterocycles. The molecule has 0 aliphatic rings. The molecule has 0 aromatic heterocycles. The molecule has 4 nitrogen and oxygen atoms in total. The van der Waals surface area contributed by atoms with Crippen molar-refractivity contribution >= 4 is 16.5 Å². The zero-order chi connectivity index (χ0) is 13.6. The summed E-state index contributed by atoms with van der Waals surface area (Å²) >= 11 is 0. The van der Waals surface area contributed by atoms with E-state index in [1.807, 2.05) is 0 Å². The second-order valence-corrected chi connectivity index (χ2v) is 4.34. The van der Waals surface area contributed by atoms with E-state index in [2.05, 4.69) is 8.37 Å². The summed E-state index contributed by atoms with van der Waals surface area (Å²) in [5, 5.41) is 0. The summed E-state index contributed by atoms with van der Waals surface area (Å²) in [7, 11) is -4.69. The SMILES string of the molecule is O=S(=O)(O/C=C\c1ccccc1)OCC(F)(F)F. The van der Waals surface area contributed by atoms with Crippen LogP contribution in [0.25, 0.3) is 6.08 Å². The molecule has 1 aromatic rings. The summed E-state index contributed by atoms with van der Waals surface area (Å²) in [5.41, 5.74) is 0.628. The van der Waals surface area contributed by atoms with Gasteiger partial charge in [-0.1, -0.05) is 30.3 Å². The van der Waals surface area contributed by atoms with Gasteiger partial charge in [-0.25, -0.2) is 4.18 Å². The molecule has 0 N–H and O–H groups in total. The van der Waals surface area contributed by atoms with Crippen molar-refractivity contribution in [3.63, 3.8) is 0 Å². The monoisotopic (exact) mass is 282 g/mol. The summed E-state index contributed by atoms with van der Waals surface area (Å²) in [6.07, 6.45) is -2.73. The molecule has 0 bridgehead atoms. The number of halogens is 3. The molecule has 18 heavy (non-hydrogen) atoms. The molecule has 0 fully saturated rings.